The van der Waals surface area contributed by atoms with E-state index in [1.807, 2.05) is 55.4 Å². The second kappa shape index (κ2) is 10.6. The highest BCUT2D eigenvalue weighted by atomic mass is 32.1. The van der Waals surface area contributed by atoms with Crippen molar-refractivity contribution in [3.63, 3.8) is 0 Å². The number of fused-ring (bicyclic) bond motifs is 1. The van der Waals surface area contributed by atoms with Crippen LogP contribution in [0.4, 0.5) is 11.6 Å². The molecule has 0 saturated carbocycles. The molecule has 1 atom stereocenters. The van der Waals surface area contributed by atoms with Gasteiger partial charge in [-0.25, -0.2) is 9.79 Å². The van der Waals surface area contributed by atoms with Crippen molar-refractivity contribution in [1.29, 1.82) is 0 Å². The van der Waals surface area contributed by atoms with Gasteiger partial charge in [0.15, 0.2) is 10.7 Å². The highest BCUT2D eigenvalue weighted by molar-refractivity contribution is 7.07. The summed E-state index contributed by atoms with van der Waals surface area (Å²) in [6.45, 7) is 7.55. The zero-order valence-electron chi connectivity index (χ0n) is 22.4. The minimum Gasteiger partial charge on any atom is -0.463 e. The van der Waals surface area contributed by atoms with E-state index in [9.17, 15) is 9.59 Å². The van der Waals surface area contributed by atoms with Gasteiger partial charge in [0.25, 0.3) is 5.56 Å². The van der Waals surface area contributed by atoms with E-state index < -0.39 is 12.0 Å². The first-order valence-corrected chi connectivity index (χ1v) is 13.6. The van der Waals surface area contributed by atoms with Crippen LogP contribution in [0.25, 0.3) is 6.08 Å². The summed E-state index contributed by atoms with van der Waals surface area (Å²) in [4.78, 5) is 38.6. The van der Waals surface area contributed by atoms with Crippen LogP contribution in [0.3, 0.4) is 0 Å². The lowest BCUT2D eigenvalue weighted by molar-refractivity contribution is -0.139. The van der Waals surface area contributed by atoms with Gasteiger partial charge in [-0.2, -0.15) is 0 Å². The van der Waals surface area contributed by atoms with Gasteiger partial charge in [-0.3, -0.25) is 9.36 Å². The maximum Gasteiger partial charge on any atom is 0.338 e. The molecule has 38 heavy (non-hydrogen) atoms. The number of furan rings is 1. The fourth-order valence-corrected chi connectivity index (χ4v) is 5.83. The van der Waals surface area contributed by atoms with Gasteiger partial charge in [0.2, 0.25) is 0 Å². The Balaban J connectivity index is 1.57. The topological polar surface area (TPSA) is 83.5 Å². The molecule has 4 heterocycles. The number of thiazole rings is 1. The van der Waals surface area contributed by atoms with Crippen LogP contribution in [0.2, 0.25) is 0 Å². The van der Waals surface area contributed by atoms with Gasteiger partial charge in [0.05, 0.1) is 28.5 Å². The van der Waals surface area contributed by atoms with Crippen LogP contribution in [0.15, 0.2) is 61.9 Å². The van der Waals surface area contributed by atoms with E-state index in [4.69, 9.17) is 9.15 Å². The lowest BCUT2D eigenvalue weighted by atomic mass is 9.95. The Morgan fingerprint density at radius 3 is 2.53 bits per heavy atom. The number of carbonyl (C=O) groups is 1. The summed E-state index contributed by atoms with van der Waals surface area (Å²) in [6.07, 6.45) is 1.76. The summed E-state index contributed by atoms with van der Waals surface area (Å²) in [6, 6.07) is 11.1. The average molecular weight is 536 g/mol. The van der Waals surface area contributed by atoms with Crippen molar-refractivity contribution in [2.75, 3.05) is 63.7 Å². The number of anilines is 2. The summed E-state index contributed by atoms with van der Waals surface area (Å²) >= 11 is 1.29. The molecule has 3 aromatic rings. The number of benzene rings is 1. The summed E-state index contributed by atoms with van der Waals surface area (Å²) in [5.41, 5.74) is 2.54. The van der Waals surface area contributed by atoms with Crippen LogP contribution in [-0.4, -0.2) is 69.4 Å². The van der Waals surface area contributed by atoms with Crippen molar-refractivity contribution >= 4 is 35.0 Å². The van der Waals surface area contributed by atoms with Gasteiger partial charge < -0.3 is 23.9 Å². The summed E-state index contributed by atoms with van der Waals surface area (Å²) in [5.74, 6) is 0.946. The molecule has 1 fully saturated rings. The number of nitrogens with zero attached hydrogens (tertiary/aromatic N) is 5. The molecule has 1 aromatic carbocycles. The standard InChI is InChI=1S/C28H33N5O4S/c1-6-36-27(35)24-18(2)29-28-33(25(24)19-7-9-20(10-8-19)30(3)4)26(34)22(38-28)17-21-11-12-23(37-21)32-15-13-31(5)14-16-32/h7-12,17,25H,6,13-16H2,1-5H3/b22-17-. The second-order valence-electron chi connectivity index (χ2n) is 9.75. The number of allylic oxidation sites excluding steroid dienone is 1. The van der Waals surface area contributed by atoms with E-state index in [2.05, 4.69) is 21.8 Å². The number of hydrogen-bond acceptors (Lipinski definition) is 9. The van der Waals surface area contributed by atoms with E-state index in [1.165, 1.54) is 11.3 Å². The first-order chi connectivity index (χ1) is 18.3. The van der Waals surface area contributed by atoms with E-state index in [-0.39, 0.29) is 12.2 Å². The highest BCUT2D eigenvalue weighted by Gasteiger charge is 2.33. The predicted molar refractivity (Wildman–Crippen MR) is 150 cm³/mol. The molecule has 2 aliphatic rings. The lowest BCUT2D eigenvalue weighted by Crippen LogP contribution is -2.44. The molecule has 200 valence electrons. The summed E-state index contributed by atoms with van der Waals surface area (Å²) in [5, 5.41) is 0. The second-order valence-corrected chi connectivity index (χ2v) is 10.8. The molecule has 2 aliphatic heterocycles. The average Bonchev–Trinajstić information content (AvgIpc) is 3.48. The van der Waals surface area contributed by atoms with Gasteiger partial charge >= 0.3 is 5.97 Å². The molecule has 2 aromatic heterocycles. The van der Waals surface area contributed by atoms with E-state index in [1.54, 1.807) is 24.5 Å². The fourth-order valence-electron chi connectivity index (χ4n) is 4.81. The van der Waals surface area contributed by atoms with Crippen molar-refractivity contribution in [3.05, 3.63) is 78.7 Å². The van der Waals surface area contributed by atoms with Crippen molar-refractivity contribution < 1.29 is 13.9 Å². The molecular weight excluding hydrogens is 502 g/mol. The Morgan fingerprint density at radius 2 is 1.87 bits per heavy atom. The third kappa shape index (κ3) is 4.93. The van der Waals surface area contributed by atoms with E-state index in [0.29, 0.717) is 26.4 Å². The van der Waals surface area contributed by atoms with Gasteiger partial charge in [0.1, 0.15) is 5.76 Å². The quantitative estimate of drug-likeness (QED) is 0.448. The van der Waals surface area contributed by atoms with E-state index in [0.717, 1.165) is 43.3 Å². The van der Waals surface area contributed by atoms with Gasteiger partial charge in [-0.1, -0.05) is 23.5 Å². The minimum atomic E-state index is -0.638. The smallest absolute Gasteiger partial charge is 0.338 e. The fraction of sp³-hybridized carbons (Fsp3) is 0.393. The highest BCUT2D eigenvalue weighted by Crippen LogP contribution is 2.31. The Morgan fingerprint density at radius 1 is 1.16 bits per heavy atom. The molecule has 0 amide bonds. The Hall–Kier alpha value is -3.63. The molecule has 0 bridgehead atoms. The Labute approximate surface area is 225 Å². The number of rotatable bonds is 6. The first kappa shape index (κ1) is 26.0. The largest absolute Gasteiger partial charge is 0.463 e. The van der Waals surface area contributed by atoms with E-state index >= 15 is 0 Å². The molecule has 1 saturated heterocycles. The minimum absolute atomic E-state index is 0.220. The van der Waals surface area contributed by atoms with Crippen molar-refractivity contribution in [2.24, 2.45) is 4.99 Å². The maximum atomic E-state index is 13.8. The van der Waals surface area contributed by atoms with Crippen LogP contribution in [0.5, 0.6) is 0 Å². The SMILES string of the molecule is CCOC(=O)C1=C(C)N=c2s/c(=C\c3ccc(N4CCN(C)CC4)o3)c(=O)n2C1c1ccc(N(C)C)cc1. The molecule has 9 nitrogen and oxygen atoms in total. The molecule has 0 aliphatic carbocycles. The van der Waals surface area contributed by atoms with Crippen LogP contribution in [0.1, 0.15) is 31.2 Å². The number of carbonyl (C=O) groups excluding carboxylic acids is 1. The molecule has 0 N–H and O–H groups in total. The summed E-state index contributed by atoms with van der Waals surface area (Å²) in [7, 11) is 6.05. The lowest BCUT2D eigenvalue weighted by Gasteiger charge is -2.32. The molecule has 1 unspecified atom stereocenters. The van der Waals surface area contributed by atoms with Crippen molar-refractivity contribution in [2.45, 2.75) is 19.9 Å². The third-order valence-electron chi connectivity index (χ3n) is 6.94. The number of hydrogen-bond donors (Lipinski definition) is 0. The number of piperazine rings is 1. The van der Waals surface area contributed by atoms with Crippen LogP contribution in [-0.2, 0) is 9.53 Å². The Kier molecular flexibility index (Phi) is 7.27. The number of ether oxygens (including phenoxy) is 1. The van der Waals surface area contributed by atoms with Crippen molar-refractivity contribution in [3.8, 4) is 0 Å². The van der Waals surface area contributed by atoms with Crippen LogP contribution < -0.4 is 24.7 Å². The normalized spacial score (nSPS) is 18.4. The molecular formula is C28H33N5O4S. The van der Waals surface area contributed by atoms with Gasteiger partial charge in [-0.05, 0) is 44.7 Å². The van der Waals surface area contributed by atoms with Crippen molar-refractivity contribution in [1.82, 2.24) is 9.47 Å². The van der Waals surface area contributed by atoms with Crippen LogP contribution >= 0.6 is 11.3 Å². The van der Waals surface area contributed by atoms with Crippen LogP contribution in [0, 0.1) is 0 Å². The maximum absolute atomic E-state index is 13.8. The monoisotopic (exact) mass is 535 g/mol. The van der Waals surface area contributed by atoms with Gasteiger partial charge in [0, 0.05) is 58.1 Å². The predicted octanol–water partition coefficient (Wildman–Crippen LogP) is 2.21. The molecule has 0 radical (unpaired) electrons. The third-order valence-corrected chi connectivity index (χ3v) is 7.93. The Bertz CT molecular complexity index is 1540. The first-order valence-electron chi connectivity index (χ1n) is 12.8. The number of likely N-dealkylation sites (N-methyl/N-ethyl adjacent to an activating group) is 1. The zero-order chi connectivity index (χ0) is 27.0. The number of aromatic nitrogens is 1. The molecule has 0 spiro atoms. The summed E-state index contributed by atoms with van der Waals surface area (Å²) < 4.78 is 13.6. The van der Waals surface area contributed by atoms with Gasteiger partial charge in [-0.15, -0.1) is 0 Å². The number of esters is 1. The molecule has 5 rings (SSSR count). The zero-order valence-corrected chi connectivity index (χ0v) is 23.2. The molecule has 10 heteroatoms.